The number of furan rings is 1. The number of aromatic nitrogens is 1. The average Bonchev–Trinajstić information content (AvgIpc) is 3.15. The molecule has 3 aliphatic heterocycles. The molecule has 148 valence electrons. The van der Waals surface area contributed by atoms with Gasteiger partial charge in [-0.1, -0.05) is 0 Å². The van der Waals surface area contributed by atoms with E-state index >= 15 is 0 Å². The normalized spacial score (nSPS) is 23.2. The molecule has 0 aliphatic carbocycles. The third-order valence-electron chi connectivity index (χ3n) is 4.91. The van der Waals surface area contributed by atoms with Gasteiger partial charge in [-0.25, -0.2) is 14.6 Å². The van der Waals surface area contributed by atoms with Crippen LogP contribution in [0, 0.1) is 5.92 Å². The topological polar surface area (TPSA) is 133 Å². The highest BCUT2D eigenvalue weighted by Crippen LogP contribution is 2.27. The molecular formula is C19H21N3O6. The quantitative estimate of drug-likeness (QED) is 0.670. The van der Waals surface area contributed by atoms with Gasteiger partial charge in [0.05, 0.1) is 12.5 Å². The Morgan fingerprint density at radius 2 is 1.86 bits per heavy atom. The molecule has 5 heterocycles. The SMILES string of the molecule is O=C(N[C@H]1CN2CCC1CC2)c1cc2ccoc2cn1.O=C(O)/C=C/C(=O)O. The molecule has 1 atom stereocenters. The van der Waals surface area contributed by atoms with Crippen LogP contribution in [-0.2, 0) is 9.59 Å². The Hall–Kier alpha value is -3.20. The maximum Gasteiger partial charge on any atom is 0.328 e. The van der Waals surface area contributed by atoms with Gasteiger partial charge < -0.3 is 24.8 Å². The Bertz CT molecular complexity index is 882. The molecule has 0 spiro atoms. The van der Waals surface area contributed by atoms with Gasteiger partial charge >= 0.3 is 11.9 Å². The number of fused-ring (bicyclic) bond motifs is 4. The van der Waals surface area contributed by atoms with E-state index in [0.29, 0.717) is 29.3 Å². The van der Waals surface area contributed by atoms with Crippen molar-refractivity contribution in [2.45, 2.75) is 18.9 Å². The molecule has 0 saturated carbocycles. The number of nitrogens with one attached hydrogen (secondary N) is 1. The van der Waals surface area contributed by atoms with Crippen LogP contribution >= 0.6 is 0 Å². The van der Waals surface area contributed by atoms with E-state index in [1.54, 1.807) is 18.5 Å². The summed E-state index contributed by atoms with van der Waals surface area (Å²) in [5.74, 6) is -1.96. The first-order valence-corrected chi connectivity index (χ1v) is 8.93. The van der Waals surface area contributed by atoms with Gasteiger partial charge in [-0.3, -0.25) is 4.79 Å². The molecule has 1 amide bonds. The van der Waals surface area contributed by atoms with Crippen molar-refractivity contribution in [3.63, 3.8) is 0 Å². The highest BCUT2D eigenvalue weighted by molar-refractivity contribution is 5.95. The Morgan fingerprint density at radius 1 is 1.18 bits per heavy atom. The lowest BCUT2D eigenvalue weighted by Gasteiger charge is -2.44. The molecule has 28 heavy (non-hydrogen) atoms. The number of nitrogens with zero attached hydrogens (tertiary/aromatic N) is 2. The second-order valence-corrected chi connectivity index (χ2v) is 6.76. The van der Waals surface area contributed by atoms with Gasteiger partial charge in [0.1, 0.15) is 5.69 Å². The molecule has 9 nitrogen and oxygen atoms in total. The number of carbonyl (C=O) groups excluding carboxylic acids is 1. The van der Waals surface area contributed by atoms with Gasteiger partial charge in [0, 0.05) is 30.1 Å². The van der Waals surface area contributed by atoms with Crippen LogP contribution in [0.1, 0.15) is 23.3 Å². The zero-order valence-electron chi connectivity index (χ0n) is 15.1. The fourth-order valence-electron chi connectivity index (χ4n) is 3.51. The van der Waals surface area contributed by atoms with Gasteiger partial charge in [-0.15, -0.1) is 0 Å². The standard InChI is InChI=1S/C15H17N3O2.C4H4O4/c19-15(12-7-11-3-6-20-14(11)8-16-12)17-13-9-18-4-1-10(13)2-5-18;5-3(6)1-2-4(7)8/h3,6-8,10,13H,1-2,4-5,9H2,(H,17,19);1-2H,(H,5,6)(H,7,8)/b;2-1+/t13-;/m0./s1. The van der Waals surface area contributed by atoms with E-state index in [2.05, 4.69) is 15.2 Å². The summed E-state index contributed by atoms with van der Waals surface area (Å²) < 4.78 is 5.24. The summed E-state index contributed by atoms with van der Waals surface area (Å²) in [5.41, 5.74) is 1.18. The molecule has 9 heteroatoms. The van der Waals surface area contributed by atoms with Crippen molar-refractivity contribution in [1.29, 1.82) is 0 Å². The van der Waals surface area contributed by atoms with Crippen molar-refractivity contribution in [2.75, 3.05) is 19.6 Å². The molecule has 5 rings (SSSR count). The van der Waals surface area contributed by atoms with E-state index in [-0.39, 0.29) is 11.9 Å². The monoisotopic (exact) mass is 387 g/mol. The number of rotatable bonds is 4. The Kier molecular flexibility index (Phi) is 6.05. The van der Waals surface area contributed by atoms with E-state index in [9.17, 15) is 14.4 Å². The fraction of sp³-hybridized carbons (Fsp3) is 0.368. The maximum absolute atomic E-state index is 12.3. The molecule has 3 N–H and O–H groups in total. The largest absolute Gasteiger partial charge is 0.478 e. The van der Waals surface area contributed by atoms with Crippen LogP contribution in [0.2, 0.25) is 0 Å². The van der Waals surface area contributed by atoms with Crippen LogP contribution in [0.15, 0.2) is 41.2 Å². The summed E-state index contributed by atoms with van der Waals surface area (Å²) in [7, 11) is 0. The predicted octanol–water partition coefficient (Wildman–Crippen LogP) is 1.36. The zero-order chi connectivity index (χ0) is 20.1. The molecule has 2 aromatic heterocycles. The maximum atomic E-state index is 12.3. The number of aliphatic carboxylic acids is 2. The first kappa shape index (κ1) is 19.6. The molecule has 2 bridgehead atoms. The lowest BCUT2D eigenvalue weighted by atomic mass is 9.84. The van der Waals surface area contributed by atoms with E-state index in [4.69, 9.17) is 14.6 Å². The Labute approximate surface area is 160 Å². The number of carbonyl (C=O) groups is 3. The molecule has 0 unspecified atom stereocenters. The number of hydrogen-bond donors (Lipinski definition) is 3. The average molecular weight is 387 g/mol. The summed E-state index contributed by atoms with van der Waals surface area (Å²) in [6.45, 7) is 3.33. The minimum atomic E-state index is -1.26. The van der Waals surface area contributed by atoms with Crippen LogP contribution < -0.4 is 5.32 Å². The number of pyridine rings is 1. The first-order valence-electron chi connectivity index (χ1n) is 8.93. The van der Waals surface area contributed by atoms with E-state index < -0.39 is 11.9 Å². The third-order valence-corrected chi connectivity index (χ3v) is 4.91. The second-order valence-electron chi connectivity index (χ2n) is 6.76. The van der Waals surface area contributed by atoms with Crippen molar-refractivity contribution in [1.82, 2.24) is 15.2 Å². The number of piperidine rings is 3. The molecule has 2 aromatic rings. The Morgan fingerprint density at radius 3 is 2.43 bits per heavy atom. The van der Waals surface area contributed by atoms with Crippen molar-refractivity contribution in [2.24, 2.45) is 5.92 Å². The van der Waals surface area contributed by atoms with E-state index in [1.807, 2.05) is 6.07 Å². The van der Waals surface area contributed by atoms with E-state index in [1.165, 1.54) is 25.9 Å². The second kappa shape index (κ2) is 8.66. The highest BCUT2D eigenvalue weighted by Gasteiger charge is 2.35. The number of amides is 1. The van der Waals surface area contributed by atoms with Crippen LogP contribution in [0.25, 0.3) is 11.0 Å². The number of hydrogen-bond acceptors (Lipinski definition) is 6. The summed E-state index contributed by atoms with van der Waals surface area (Å²) in [4.78, 5) is 38.1. The van der Waals surface area contributed by atoms with Gasteiger partial charge in [-0.05, 0) is 44.0 Å². The number of carboxylic acid groups (broad SMARTS) is 2. The van der Waals surface area contributed by atoms with Crippen molar-refractivity contribution < 1.29 is 29.0 Å². The molecule has 0 aromatic carbocycles. The van der Waals surface area contributed by atoms with Crippen molar-refractivity contribution in [3.05, 3.63) is 42.4 Å². The lowest BCUT2D eigenvalue weighted by molar-refractivity contribution is -0.134. The van der Waals surface area contributed by atoms with Crippen LogP contribution in [0.3, 0.4) is 0 Å². The minimum absolute atomic E-state index is 0.0770. The smallest absolute Gasteiger partial charge is 0.328 e. The van der Waals surface area contributed by atoms with Crippen LogP contribution in [0.4, 0.5) is 0 Å². The third kappa shape index (κ3) is 4.95. The molecule has 3 saturated heterocycles. The highest BCUT2D eigenvalue weighted by atomic mass is 16.4. The molecular weight excluding hydrogens is 366 g/mol. The molecule has 3 fully saturated rings. The fourth-order valence-corrected chi connectivity index (χ4v) is 3.51. The zero-order valence-corrected chi connectivity index (χ0v) is 15.1. The first-order chi connectivity index (χ1) is 13.4. The van der Waals surface area contributed by atoms with Crippen molar-refractivity contribution >= 4 is 28.8 Å². The van der Waals surface area contributed by atoms with E-state index in [0.717, 1.165) is 11.9 Å². The lowest BCUT2D eigenvalue weighted by Crippen LogP contribution is -2.57. The summed E-state index contributed by atoms with van der Waals surface area (Å²) in [6.07, 6.45) is 6.73. The van der Waals surface area contributed by atoms with Crippen LogP contribution in [-0.4, -0.2) is 63.6 Å². The summed E-state index contributed by atoms with van der Waals surface area (Å²) >= 11 is 0. The van der Waals surface area contributed by atoms with Crippen molar-refractivity contribution in [3.8, 4) is 0 Å². The summed E-state index contributed by atoms with van der Waals surface area (Å²) in [6, 6.07) is 3.91. The Balaban J connectivity index is 0.000000242. The summed E-state index contributed by atoms with van der Waals surface area (Å²) in [5, 5.41) is 19.7. The minimum Gasteiger partial charge on any atom is -0.478 e. The molecule has 0 radical (unpaired) electrons. The van der Waals surface area contributed by atoms with Gasteiger partial charge in [0.25, 0.3) is 5.91 Å². The number of carboxylic acids is 2. The predicted molar refractivity (Wildman–Crippen MR) is 98.8 cm³/mol. The van der Waals surface area contributed by atoms with Crippen LogP contribution in [0.5, 0.6) is 0 Å². The van der Waals surface area contributed by atoms with Gasteiger partial charge in [-0.2, -0.15) is 0 Å². The van der Waals surface area contributed by atoms with Gasteiger partial charge in [0.15, 0.2) is 5.58 Å². The molecule has 3 aliphatic rings. The van der Waals surface area contributed by atoms with Gasteiger partial charge in [0.2, 0.25) is 0 Å².